The topological polar surface area (TPSA) is 81.6 Å². The highest BCUT2D eigenvalue weighted by atomic mass is 35.5. The van der Waals surface area contributed by atoms with Gasteiger partial charge in [-0.05, 0) is 22.8 Å². The summed E-state index contributed by atoms with van der Waals surface area (Å²) in [6.07, 6.45) is 0. The highest BCUT2D eigenvalue weighted by Crippen LogP contribution is 2.20. The molecule has 2 aromatic carbocycles. The minimum absolute atomic E-state index is 0.0711. The van der Waals surface area contributed by atoms with Crippen molar-refractivity contribution in [2.45, 2.75) is 17.6 Å². The first-order valence-electron chi connectivity index (χ1n) is 7.28. The first-order valence-corrected chi connectivity index (χ1v) is 9.04. The summed E-state index contributed by atoms with van der Waals surface area (Å²) in [5, 5.41) is 8.37. The molecule has 0 heterocycles. The molecule has 2 unspecified atom stereocenters. The van der Waals surface area contributed by atoms with Crippen LogP contribution in [-0.2, 0) is 33.1 Å². The fourth-order valence-electron chi connectivity index (χ4n) is 2.07. The second-order valence-corrected chi connectivity index (χ2v) is 7.11. The van der Waals surface area contributed by atoms with E-state index < -0.39 is 22.3 Å². The van der Waals surface area contributed by atoms with Crippen molar-refractivity contribution in [3.63, 3.8) is 0 Å². The molecule has 2 aromatic rings. The van der Waals surface area contributed by atoms with Crippen LogP contribution in [0.4, 0.5) is 0 Å². The first-order chi connectivity index (χ1) is 11.6. The molecule has 2 atom stereocenters. The third-order valence-corrected chi connectivity index (χ3v) is 5.31. The second kappa shape index (κ2) is 9.66. The monoisotopic (exact) mass is 367 g/mol. The van der Waals surface area contributed by atoms with Crippen LogP contribution in [-0.4, -0.2) is 27.5 Å². The Hall–Kier alpha value is -1.57. The van der Waals surface area contributed by atoms with Crippen LogP contribution >= 0.6 is 11.6 Å². The summed E-state index contributed by atoms with van der Waals surface area (Å²) >= 11 is 4.47. The van der Waals surface area contributed by atoms with E-state index in [2.05, 4.69) is 0 Å². The average molecular weight is 368 g/mol. The van der Waals surface area contributed by atoms with E-state index >= 15 is 0 Å². The van der Waals surface area contributed by atoms with Gasteiger partial charge in [0.05, 0.1) is 6.61 Å². The number of benzene rings is 2. The van der Waals surface area contributed by atoms with E-state index in [0.717, 1.165) is 5.56 Å². The number of carbonyl (C=O) groups excluding carboxylic acids is 1. The SMILES string of the molecule is O=C(NO)C(COCc1ccccc1)[S+]([O-])Cc1ccccc1Cl. The molecule has 0 aliphatic carbocycles. The van der Waals surface area contributed by atoms with Gasteiger partial charge >= 0.3 is 0 Å². The Morgan fingerprint density at radius 2 is 1.88 bits per heavy atom. The molecule has 0 aromatic heterocycles. The molecule has 1 amide bonds. The smallest absolute Gasteiger partial charge is 0.298 e. The van der Waals surface area contributed by atoms with Crippen molar-refractivity contribution in [1.29, 1.82) is 0 Å². The van der Waals surface area contributed by atoms with Gasteiger partial charge in [0.25, 0.3) is 5.91 Å². The van der Waals surface area contributed by atoms with Gasteiger partial charge in [-0.1, -0.05) is 60.1 Å². The predicted molar refractivity (Wildman–Crippen MR) is 93.1 cm³/mol. The Kier molecular flexibility index (Phi) is 7.55. The van der Waals surface area contributed by atoms with Crippen molar-refractivity contribution in [3.8, 4) is 0 Å². The van der Waals surface area contributed by atoms with Gasteiger partial charge in [0.1, 0.15) is 12.4 Å². The van der Waals surface area contributed by atoms with E-state index in [0.29, 0.717) is 17.2 Å². The number of hydrogen-bond acceptors (Lipinski definition) is 4. The van der Waals surface area contributed by atoms with Crippen molar-refractivity contribution in [1.82, 2.24) is 5.48 Å². The van der Waals surface area contributed by atoms with Crippen molar-refractivity contribution < 1.29 is 19.3 Å². The van der Waals surface area contributed by atoms with Gasteiger partial charge in [0.15, 0.2) is 0 Å². The summed E-state index contributed by atoms with van der Waals surface area (Å²) < 4.78 is 18.0. The van der Waals surface area contributed by atoms with Crippen molar-refractivity contribution in [2.24, 2.45) is 0 Å². The molecule has 0 saturated carbocycles. The van der Waals surface area contributed by atoms with Crippen molar-refractivity contribution >= 4 is 28.7 Å². The summed E-state index contributed by atoms with van der Waals surface area (Å²) in [5.41, 5.74) is 3.17. The molecular weight excluding hydrogens is 350 g/mol. The third-order valence-electron chi connectivity index (χ3n) is 3.36. The molecule has 7 heteroatoms. The zero-order valence-corrected chi connectivity index (χ0v) is 14.4. The molecule has 0 radical (unpaired) electrons. The van der Waals surface area contributed by atoms with Crippen molar-refractivity contribution in [3.05, 3.63) is 70.7 Å². The third kappa shape index (κ3) is 5.51. The minimum Gasteiger partial charge on any atom is -0.615 e. The van der Waals surface area contributed by atoms with Crippen LogP contribution in [0.5, 0.6) is 0 Å². The van der Waals surface area contributed by atoms with E-state index in [-0.39, 0.29) is 12.4 Å². The molecule has 128 valence electrons. The molecule has 0 spiro atoms. The number of ether oxygens (including phenoxy) is 1. The van der Waals surface area contributed by atoms with Crippen molar-refractivity contribution in [2.75, 3.05) is 6.61 Å². The Morgan fingerprint density at radius 3 is 2.54 bits per heavy atom. The number of rotatable bonds is 8. The number of carbonyl (C=O) groups is 1. The molecule has 5 nitrogen and oxygen atoms in total. The van der Waals surface area contributed by atoms with Gasteiger partial charge in [0.2, 0.25) is 5.25 Å². The first kappa shape index (κ1) is 18.8. The molecule has 0 aliphatic rings. The predicted octanol–water partition coefficient (Wildman–Crippen LogP) is 2.68. The molecule has 2 N–H and O–H groups in total. The van der Waals surface area contributed by atoms with Gasteiger partial charge in [-0.3, -0.25) is 10.0 Å². The minimum atomic E-state index is -1.59. The summed E-state index contributed by atoms with van der Waals surface area (Å²) in [6.45, 7) is 0.220. The normalized spacial score (nSPS) is 13.3. The number of amides is 1. The van der Waals surface area contributed by atoms with Crippen LogP contribution in [0.1, 0.15) is 11.1 Å². The lowest BCUT2D eigenvalue weighted by Crippen LogP contribution is -2.42. The summed E-state index contributed by atoms with van der Waals surface area (Å²) in [4.78, 5) is 11.8. The van der Waals surface area contributed by atoms with Gasteiger partial charge in [-0.15, -0.1) is 0 Å². The maximum atomic E-state index is 12.5. The molecule has 0 aliphatic heterocycles. The molecule has 0 saturated heterocycles. The van der Waals surface area contributed by atoms with E-state index in [1.807, 2.05) is 30.3 Å². The molecule has 24 heavy (non-hydrogen) atoms. The quantitative estimate of drug-likeness (QED) is 0.427. The maximum Gasteiger partial charge on any atom is 0.298 e. The lowest BCUT2D eigenvalue weighted by molar-refractivity contribution is -0.129. The van der Waals surface area contributed by atoms with Crippen LogP contribution in [0, 0.1) is 0 Å². The zero-order valence-electron chi connectivity index (χ0n) is 12.9. The number of hydrogen-bond donors (Lipinski definition) is 2. The van der Waals surface area contributed by atoms with E-state index in [1.165, 1.54) is 0 Å². The highest BCUT2D eigenvalue weighted by molar-refractivity contribution is 7.92. The largest absolute Gasteiger partial charge is 0.615 e. The van der Waals surface area contributed by atoms with Crippen LogP contribution in [0.2, 0.25) is 5.02 Å². The highest BCUT2D eigenvalue weighted by Gasteiger charge is 2.31. The van der Waals surface area contributed by atoms with Gasteiger partial charge < -0.3 is 9.29 Å². The van der Waals surface area contributed by atoms with E-state index in [1.54, 1.807) is 29.7 Å². The lowest BCUT2D eigenvalue weighted by Gasteiger charge is -2.20. The average Bonchev–Trinajstić information content (AvgIpc) is 2.61. The Bertz CT molecular complexity index is 656. The number of hydroxylamine groups is 1. The summed E-state index contributed by atoms with van der Waals surface area (Å²) in [7, 11) is 0. The Balaban J connectivity index is 1.96. The number of nitrogens with one attached hydrogen (secondary N) is 1. The maximum absolute atomic E-state index is 12.5. The summed E-state index contributed by atoms with van der Waals surface area (Å²) in [5.74, 6) is -0.639. The zero-order chi connectivity index (χ0) is 17.4. The van der Waals surface area contributed by atoms with E-state index in [9.17, 15) is 9.35 Å². The molecule has 0 fully saturated rings. The number of halogens is 1. The summed E-state index contributed by atoms with van der Waals surface area (Å²) in [6, 6.07) is 16.4. The Morgan fingerprint density at radius 1 is 1.21 bits per heavy atom. The molecule has 0 bridgehead atoms. The van der Waals surface area contributed by atoms with Gasteiger partial charge in [-0.2, -0.15) is 0 Å². The molecular formula is C17H18ClNO4S. The van der Waals surface area contributed by atoms with Crippen LogP contribution < -0.4 is 5.48 Å². The second-order valence-electron chi connectivity index (χ2n) is 5.08. The fraction of sp³-hybridized carbons (Fsp3) is 0.235. The lowest BCUT2D eigenvalue weighted by atomic mass is 10.2. The Labute approximate surface area is 148 Å². The van der Waals surface area contributed by atoms with Crippen LogP contribution in [0.25, 0.3) is 0 Å². The van der Waals surface area contributed by atoms with Crippen LogP contribution in [0.3, 0.4) is 0 Å². The standard InChI is InChI=1S/C17H18ClNO4S/c18-15-9-5-4-8-14(15)12-24(22)16(17(20)19-21)11-23-10-13-6-2-1-3-7-13/h1-9,16,21H,10-12H2,(H,19,20). The van der Waals surface area contributed by atoms with E-state index in [4.69, 9.17) is 21.5 Å². The van der Waals surface area contributed by atoms with Crippen LogP contribution in [0.15, 0.2) is 54.6 Å². The van der Waals surface area contributed by atoms with Gasteiger partial charge in [-0.25, -0.2) is 5.48 Å². The van der Waals surface area contributed by atoms with Gasteiger partial charge in [0, 0.05) is 10.6 Å². The molecule has 2 rings (SSSR count). The fourth-order valence-corrected chi connectivity index (χ4v) is 3.65.